The smallest absolute Gasteiger partial charge is 0.256 e. The number of H-pyrrole nitrogens is 1. The van der Waals surface area contributed by atoms with Crippen LogP contribution in [0, 0.1) is 0 Å². The maximum absolute atomic E-state index is 12.4. The number of nitrogens with one attached hydrogen (secondary N) is 3. The summed E-state index contributed by atoms with van der Waals surface area (Å²) in [6.07, 6.45) is 1.43. The summed E-state index contributed by atoms with van der Waals surface area (Å²) in [6.45, 7) is 0. The second kappa shape index (κ2) is 7.55. The summed E-state index contributed by atoms with van der Waals surface area (Å²) in [7, 11) is -3.31. The molecule has 4 aromatic rings. The van der Waals surface area contributed by atoms with Crippen molar-refractivity contribution in [2.75, 3.05) is 10.0 Å². The molecule has 1 aliphatic rings. The molecule has 7 nitrogen and oxygen atoms in total. The Bertz CT molecular complexity index is 1380. The SMILES string of the molecule is O=C(Nc1n[nH]c2cc(-c3cccc(NS(=O)(=O)C4CC4)c3)ccc12)c1ccccc1. The molecule has 0 aliphatic heterocycles. The Kier molecular flexibility index (Phi) is 4.71. The Hall–Kier alpha value is -3.65. The first-order chi connectivity index (χ1) is 15.0. The molecule has 0 radical (unpaired) electrons. The molecular formula is C23H20N4O3S. The van der Waals surface area contributed by atoms with E-state index in [1.165, 1.54) is 0 Å². The summed E-state index contributed by atoms with van der Waals surface area (Å²) in [5.41, 5.74) is 3.66. The number of sulfonamides is 1. The minimum atomic E-state index is -3.31. The highest BCUT2D eigenvalue weighted by atomic mass is 32.2. The molecule has 1 aromatic heterocycles. The molecule has 31 heavy (non-hydrogen) atoms. The van der Waals surface area contributed by atoms with Crippen molar-refractivity contribution in [1.29, 1.82) is 0 Å². The summed E-state index contributed by atoms with van der Waals surface area (Å²) in [6, 6.07) is 22.0. The molecule has 5 rings (SSSR count). The number of nitrogens with zero attached hydrogens (tertiary/aromatic N) is 1. The van der Waals surface area contributed by atoms with E-state index in [1.54, 1.807) is 18.2 Å². The number of aromatic nitrogens is 2. The van der Waals surface area contributed by atoms with E-state index in [9.17, 15) is 13.2 Å². The lowest BCUT2D eigenvalue weighted by molar-refractivity contribution is 0.102. The van der Waals surface area contributed by atoms with E-state index in [2.05, 4.69) is 20.2 Å². The van der Waals surface area contributed by atoms with Crippen molar-refractivity contribution >= 4 is 38.3 Å². The van der Waals surface area contributed by atoms with Gasteiger partial charge in [0.05, 0.1) is 10.8 Å². The van der Waals surface area contributed by atoms with E-state index in [4.69, 9.17) is 0 Å². The molecule has 0 atom stereocenters. The molecule has 1 aliphatic carbocycles. The number of amides is 1. The van der Waals surface area contributed by atoms with Gasteiger partial charge in [-0.2, -0.15) is 5.10 Å². The van der Waals surface area contributed by atoms with E-state index < -0.39 is 10.0 Å². The molecule has 1 amide bonds. The number of benzene rings is 3. The van der Waals surface area contributed by atoms with E-state index in [1.807, 2.05) is 54.6 Å². The lowest BCUT2D eigenvalue weighted by atomic mass is 10.0. The molecule has 1 fully saturated rings. The van der Waals surface area contributed by atoms with Gasteiger partial charge in [0, 0.05) is 16.6 Å². The first kappa shape index (κ1) is 19.3. The van der Waals surface area contributed by atoms with E-state index >= 15 is 0 Å². The highest BCUT2D eigenvalue weighted by molar-refractivity contribution is 7.93. The quantitative estimate of drug-likeness (QED) is 0.420. The van der Waals surface area contributed by atoms with E-state index in [0.717, 1.165) is 22.0 Å². The monoisotopic (exact) mass is 432 g/mol. The molecule has 156 valence electrons. The molecule has 1 heterocycles. The van der Waals surface area contributed by atoms with Gasteiger partial charge in [0.25, 0.3) is 5.91 Å². The van der Waals surface area contributed by atoms with Gasteiger partial charge in [0.15, 0.2) is 5.82 Å². The highest BCUT2D eigenvalue weighted by Crippen LogP contribution is 2.32. The molecule has 0 saturated heterocycles. The van der Waals surface area contributed by atoms with Crippen molar-refractivity contribution in [2.24, 2.45) is 0 Å². The van der Waals surface area contributed by atoms with Gasteiger partial charge >= 0.3 is 0 Å². The predicted octanol–water partition coefficient (Wildman–Crippen LogP) is 4.39. The van der Waals surface area contributed by atoms with Gasteiger partial charge in [-0.25, -0.2) is 8.42 Å². The third kappa shape index (κ3) is 4.02. The number of fused-ring (bicyclic) bond motifs is 1. The average Bonchev–Trinajstić information content (AvgIpc) is 3.57. The second-order valence-electron chi connectivity index (χ2n) is 7.58. The number of carbonyl (C=O) groups is 1. The lowest BCUT2D eigenvalue weighted by Gasteiger charge is -2.09. The Morgan fingerprint density at radius 3 is 2.48 bits per heavy atom. The average molecular weight is 433 g/mol. The minimum Gasteiger partial charge on any atom is -0.305 e. The number of aromatic amines is 1. The largest absolute Gasteiger partial charge is 0.305 e. The van der Waals surface area contributed by atoms with Crippen LogP contribution in [0.25, 0.3) is 22.0 Å². The third-order valence-electron chi connectivity index (χ3n) is 5.25. The summed E-state index contributed by atoms with van der Waals surface area (Å²) < 4.78 is 27.1. The first-order valence-electron chi connectivity index (χ1n) is 9.96. The van der Waals surface area contributed by atoms with Crippen LogP contribution in [0.2, 0.25) is 0 Å². The van der Waals surface area contributed by atoms with Gasteiger partial charge in [0.1, 0.15) is 0 Å². The number of hydrogen-bond acceptors (Lipinski definition) is 4. The number of rotatable bonds is 6. The van der Waals surface area contributed by atoms with Gasteiger partial charge in [-0.1, -0.05) is 36.4 Å². The summed E-state index contributed by atoms with van der Waals surface area (Å²) in [4.78, 5) is 12.4. The van der Waals surface area contributed by atoms with Crippen LogP contribution in [-0.2, 0) is 10.0 Å². The summed E-state index contributed by atoms with van der Waals surface area (Å²) in [5.74, 6) is 0.232. The second-order valence-corrected chi connectivity index (χ2v) is 9.54. The fraction of sp³-hybridized carbons (Fsp3) is 0.130. The van der Waals surface area contributed by atoms with Crippen LogP contribution in [-0.4, -0.2) is 29.8 Å². The lowest BCUT2D eigenvalue weighted by Crippen LogP contribution is -2.17. The Labute approximate surface area is 179 Å². The maximum Gasteiger partial charge on any atom is 0.256 e. The topological polar surface area (TPSA) is 104 Å². The van der Waals surface area contributed by atoms with Gasteiger partial charge in [-0.05, 0) is 60.4 Å². The molecule has 0 unspecified atom stereocenters. The van der Waals surface area contributed by atoms with Crippen LogP contribution in [0.1, 0.15) is 23.2 Å². The van der Waals surface area contributed by atoms with E-state index in [0.29, 0.717) is 29.9 Å². The van der Waals surface area contributed by atoms with Crippen LogP contribution in [0.4, 0.5) is 11.5 Å². The molecule has 3 aromatic carbocycles. The van der Waals surface area contributed by atoms with Crippen molar-refractivity contribution < 1.29 is 13.2 Å². The van der Waals surface area contributed by atoms with Crippen molar-refractivity contribution in [2.45, 2.75) is 18.1 Å². The predicted molar refractivity (Wildman–Crippen MR) is 121 cm³/mol. The zero-order valence-corrected chi connectivity index (χ0v) is 17.3. The Morgan fingerprint density at radius 2 is 1.71 bits per heavy atom. The molecule has 0 bridgehead atoms. The van der Waals surface area contributed by atoms with Gasteiger partial charge < -0.3 is 5.32 Å². The van der Waals surface area contributed by atoms with Crippen LogP contribution in [0.3, 0.4) is 0 Å². The first-order valence-corrected chi connectivity index (χ1v) is 11.5. The highest BCUT2D eigenvalue weighted by Gasteiger charge is 2.35. The van der Waals surface area contributed by atoms with Gasteiger partial charge in [-0.15, -0.1) is 0 Å². The number of carbonyl (C=O) groups excluding carboxylic acids is 1. The molecule has 3 N–H and O–H groups in total. The van der Waals surface area contributed by atoms with Crippen molar-refractivity contribution in [3.63, 3.8) is 0 Å². The summed E-state index contributed by atoms with van der Waals surface area (Å²) >= 11 is 0. The Morgan fingerprint density at radius 1 is 0.935 bits per heavy atom. The number of anilines is 2. The zero-order chi connectivity index (χ0) is 21.4. The minimum absolute atomic E-state index is 0.228. The fourth-order valence-corrected chi connectivity index (χ4v) is 4.83. The van der Waals surface area contributed by atoms with E-state index in [-0.39, 0.29) is 11.2 Å². The molecule has 1 saturated carbocycles. The number of hydrogen-bond donors (Lipinski definition) is 3. The Balaban J connectivity index is 1.40. The van der Waals surface area contributed by atoms with Crippen LogP contribution in [0.5, 0.6) is 0 Å². The standard InChI is InChI=1S/C23H20N4O3S/c28-23(15-5-2-1-3-6-15)24-22-20-12-9-17(14-21(20)25-26-22)16-7-4-8-18(13-16)27-31(29,30)19-10-11-19/h1-9,12-14,19,27H,10-11H2,(H2,24,25,26,28). The van der Waals surface area contributed by atoms with Crippen molar-refractivity contribution in [1.82, 2.24) is 10.2 Å². The zero-order valence-electron chi connectivity index (χ0n) is 16.5. The normalized spacial score (nSPS) is 13.8. The van der Waals surface area contributed by atoms with Gasteiger partial charge in [0.2, 0.25) is 10.0 Å². The fourth-order valence-electron chi connectivity index (χ4n) is 3.45. The van der Waals surface area contributed by atoms with Crippen LogP contribution in [0.15, 0.2) is 72.8 Å². The summed E-state index contributed by atoms with van der Waals surface area (Å²) in [5, 5.41) is 10.5. The molecular weight excluding hydrogens is 412 g/mol. The maximum atomic E-state index is 12.4. The van der Waals surface area contributed by atoms with Gasteiger partial charge in [-0.3, -0.25) is 14.6 Å². The van der Waals surface area contributed by atoms with Crippen LogP contribution >= 0.6 is 0 Å². The third-order valence-corrected chi connectivity index (χ3v) is 7.12. The molecule has 0 spiro atoms. The van der Waals surface area contributed by atoms with Crippen molar-refractivity contribution in [3.05, 3.63) is 78.4 Å². The van der Waals surface area contributed by atoms with Crippen LogP contribution < -0.4 is 10.0 Å². The molecule has 8 heteroatoms. The van der Waals surface area contributed by atoms with Crippen molar-refractivity contribution in [3.8, 4) is 11.1 Å².